The molecule has 0 aliphatic carbocycles. The molecule has 9 nitrogen and oxygen atoms in total. The third-order valence-corrected chi connectivity index (χ3v) is 5.49. The second kappa shape index (κ2) is 13.3. The van der Waals surface area contributed by atoms with Gasteiger partial charge in [-0.05, 0) is 71.2 Å². The van der Waals surface area contributed by atoms with Crippen LogP contribution in [0.2, 0.25) is 0 Å². The molecule has 0 aromatic heterocycles. The highest BCUT2D eigenvalue weighted by Gasteiger charge is 2.24. The van der Waals surface area contributed by atoms with E-state index in [2.05, 4.69) is 21.3 Å². The zero-order valence-electron chi connectivity index (χ0n) is 23.6. The number of carbonyl (C=O) groups excluding carboxylic acids is 4. The maximum absolute atomic E-state index is 12.8. The maximum Gasteiger partial charge on any atom is 0.407 e. The highest BCUT2D eigenvalue weighted by Crippen LogP contribution is 2.18. The van der Waals surface area contributed by atoms with E-state index in [9.17, 15) is 19.2 Å². The van der Waals surface area contributed by atoms with Gasteiger partial charge < -0.3 is 26.0 Å². The van der Waals surface area contributed by atoms with Crippen molar-refractivity contribution in [1.29, 1.82) is 0 Å². The molecule has 0 spiro atoms. The molecule has 0 fully saturated rings. The van der Waals surface area contributed by atoms with Gasteiger partial charge in [-0.2, -0.15) is 0 Å². The molecule has 0 aliphatic rings. The van der Waals surface area contributed by atoms with E-state index < -0.39 is 35.2 Å². The SMILES string of the molecule is C[C@H](NC(=O)C[C@H](CCC(=O)NC(C)(C)C)NC(=O)OC(C)(C)C)C(=O)NCc1cccc2ccccc12. The summed E-state index contributed by atoms with van der Waals surface area (Å²) in [6, 6.07) is 12.4. The van der Waals surface area contributed by atoms with Crippen LogP contribution in [-0.4, -0.2) is 47.0 Å². The number of amides is 4. The Hall–Kier alpha value is -3.62. The number of hydrogen-bond donors (Lipinski definition) is 4. The molecule has 0 saturated heterocycles. The molecular weight excluding hydrogens is 484 g/mol. The van der Waals surface area contributed by atoms with Crippen LogP contribution in [0.1, 0.15) is 73.3 Å². The van der Waals surface area contributed by atoms with Crippen LogP contribution in [0.5, 0.6) is 0 Å². The minimum Gasteiger partial charge on any atom is -0.444 e. The van der Waals surface area contributed by atoms with Crippen LogP contribution in [0.15, 0.2) is 42.5 Å². The first-order valence-electron chi connectivity index (χ1n) is 13.0. The van der Waals surface area contributed by atoms with Gasteiger partial charge >= 0.3 is 6.09 Å². The van der Waals surface area contributed by atoms with Crippen LogP contribution in [0.4, 0.5) is 4.79 Å². The molecule has 0 heterocycles. The fourth-order valence-electron chi connectivity index (χ4n) is 3.86. The highest BCUT2D eigenvalue weighted by molar-refractivity contribution is 5.89. The normalized spacial score (nSPS) is 13.2. The Balaban J connectivity index is 1.94. The molecule has 4 amide bonds. The van der Waals surface area contributed by atoms with Crippen LogP contribution < -0.4 is 21.3 Å². The summed E-state index contributed by atoms with van der Waals surface area (Å²) in [7, 11) is 0. The summed E-state index contributed by atoms with van der Waals surface area (Å²) >= 11 is 0. The van der Waals surface area contributed by atoms with E-state index in [-0.39, 0.29) is 31.1 Å². The Bertz CT molecular complexity index is 1130. The van der Waals surface area contributed by atoms with Crippen molar-refractivity contribution in [2.45, 2.75) is 97.5 Å². The molecule has 9 heteroatoms. The van der Waals surface area contributed by atoms with Crippen LogP contribution in [0.3, 0.4) is 0 Å². The number of rotatable bonds is 10. The van der Waals surface area contributed by atoms with Crippen molar-refractivity contribution < 1.29 is 23.9 Å². The first-order chi connectivity index (χ1) is 17.6. The second-order valence-corrected chi connectivity index (χ2v) is 11.5. The Morgan fingerprint density at radius 3 is 2.18 bits per heavy atom. The van der Waals surface area contributed by atoms with Crippen LogP contribution in [0.25, 0.3) is 10.8 Å². The maximum atomic E-state index is 12.8. The summed E-state index contributed by atoms with van der Waals surface area (Å²) in [6.45, 7) is 12.8. The predicted molar refractivity (Wildman–Crippen MR) is 148 cm³/mol. The van der Waals surface area contributed by atoms with Gasteiger partial charge in [0, 0.05) is 31.0 Å². The molecule has 2 aromatic rings. The van der Waals surface area contributed by atoms with E-state index in [0.29, 0.717) is 6.54 Å². The summed E-state index contributed by atoms with van der Waals surface area (Å²) < 4.78 is 5.31. The molecule has 38 heavy (non-hydrogen) atoms. The average Bonchev–Trinajstić information content (AvgIpc) is 2.78. The summed E-state index contributed by atoms with van der Waals surface area (Å²) in [5.41, 5.74) is -0.126. The number of fused-ring (bicyclic) bond motifs is 1. The quantitative estimate of drug-likeness (QED) is 0.373. The lowest BCUT2D eigenvalue weighted by atomic mass is 10.0. The van der Waals surface area contributed by atoms with Gasteiger partial charge in [0.2, 0.25) is 17.7 Å². The molecule has 4 N–H and O–H groups in total. The van der Waals surface area contributed by atoms with Gasteiger partial charge in [0.25, 0.3) is 0 Å². The topological polar surface area (TPSA) is 126 Å². The number of hydrogen-bond acceptors (Lipinski definition) is 5. The lowest BCUT2D eigenvalue weighted by molar-refractivity contribution is -0.129. The molecular formula is C29H42N4O5. The fraction of sp³-hybridized carbons (Fsp3) is 0.517. The zero-order valence-corrected chi connectivity index (χ0v) is 23.6. The van der Waals surface area contributed by atoms with Crippen molar-refractivity contribution in [3.63, 3.8) is 0 Å². The van der Waals surface area contributed by atoms with Gasteiger partial charge in [0.15, 0.2) is 0 Å². The van der Waals surface area contributed by atoms with Gasteiger partial charge in [-0.3, -0.25) is 14.4 Å². The fourth-order valence-corrected chi connectivity index (χ4v) is 3.86. The smallest absolute Gasteiger partial charge is 0.407 e. The van der Waals surface area contributed by atoms with Gasteiger partial charge in [-0.1, -0.05) is 42.5 Å². The standard InChI is InChI=1S/C29H42N4O5/c1-19(26(36)30-18-21-13-10-12-20-11-8-9-14-23(20)21)31-25(35)17-22(32-27(37)38-29(5,6)7)15-16-24(34)33-28(2,3)4/h8-14,19,22H,15-18H2,1-7H3,(H,30,36)(H,31,35)(H,32,37)(H,33,34)/t19-,22-/m0/s1. The molecule has 2 aromatic carbocycles. The third kappa shape index (κ3) is 11.2. The summed E-state index contributed by atoms with van der Waals surface area (Å²) in [4.78, 5) is 50.1. The van der Waals surface area contributed by atoms with Crippen molar-refractivity contribution in [3.05, 3.63) is 48.0 Å². The first-order valence-corrected chi connectivity index (χ1v) is 13.0. The van der Waals surface area contributed by atoms with Crippen molar-refractivity contribution in [2.24, 2.45) is 0 Å². The van der Waals surface area contributed by atoms with Crippen molar-refractivity contribution in [3.8, 4) is 0 Å². The largest absolute Gasteiger partial charge is 0.444 e. The van der Waals surface area contributed by atoms with E-state index in [4.69, 9.17) is 4.74 Å². The molecule has 2 rings (SSSR count). The van der Waals surface area contributed by atoms with Gasteiger partial charge in [0.1, 0.15) is 11.6 Å². The van der Waals surface area contributed by atoms with Gasteiger partial charge in [-0.15, -0.1) is 0 Å². The third-order valence-electron chi connectivity index (χ3n) is 5.49. The van der Waals surface area contributed by atoms with Crippen molar-refractivity contribution in [2.75, 3.05) is 0 Å². The average molecular weight is 527 g/mol. The van der Waals surface area contributed by atoms with E-state index in [1.165, 1.54) is 0 Å². The molecule has 0 aliphatic heterocycles. The Morgan fingerprint density at radius 1 is 0.868 bits per heavy atom. The second-order valence-electron chi connectivity index (χ2n) is 11.5. The summed E-state index contributed by atoms with van der Waals surface area (Å²) in [6.07, 6.45) is -0.432. The Kier molecular flexibility index (Phi) is 10.7. The molecule has 0 bridgehead atoms. The van der Waals surface area contributed by atoms with Gasteiger partial charge in [-0.25, -0.2) is 4.79 Å². The minimum absolute atomic E-state index is 0.108. The van der Waals surface area contributed by atoms with Crippen LogP contribution >= 0.6 is 0 Å². The zero-order chi connectivity index (χ0) is 28.5. The van der Waals surface area contributed by atoms with Crippen LogP contribution in [-0.2, 0) is 25.7 Å². The van der Waals surface area contributed by atoms with Crippen molar-refractivity contribution >= 4 is 34.6 Å². The van der Waals surface area contributed by atoms with Crippen LogP contribution in [0, 0.1) is 0 Å². The monoisotopic (exact) mass is 526 g/mol. The number of ether oxygens (including phenoxy) is 1. The lowest BCUT2D eigenvalue weighted by Crippen LogP contribution is -2.47. The Labute approximate surface area is 225 Å². The predicted octanol–water partition coefficient (Wildman–Crippen LogP) is 3.94. The number of benzene rings is 2. The molecule has 0 saturated carbocycles. The Morgan fingerprint density at radius 2 is 1.53 bits per heavy atom. The van der Waals surface area contributed by atoms with E-state index >= 15 is 0 Å². The molecule has 2 atom stereocenters. The molecule has 208 valence electrons. The number of nitrogens with one attached hydrogen (secondary N) is 4. The molecule has 0 unspecified atom stereocenters. The van der Waals surface area contributed by atoms with E-state index in [1.807, 2.05) is 63.2 Å². The van der Waals surface area contributed by atoms with E-state index in [1.54, 1.807) is 27.7 Å². The van der Waals surface area contributed by atoms with Gasteiger partial charge in [0.05, 0.1) is 0 Å². The number of alkyl carbamates (subject to hydrolysis) is 1. The molecule has 0 radical (unpaired) electrons. The van der Waals surface area contributed by atoms with E-state index in [0.717, 1.165) is 16.3 Å². The summed E-state index contributed by atoms with van der Waals surface area (Å²) in [5, 5.41) is 13.3. The summed E-state index contributed by atoms with van der Waals surface area (Å²) in [5.74, 6) is -0.933. The minimum atomic E-state index is -0.788. The first kappa shape index (κ1) is 30.6. The van der Waals surface area contributed by atoms with Crippen molar-refractivity contribution in [1.82, 2.24) is 21.3 Å². The highest BCUT2D eigenvalue weighted by atomic mass is 16.6. The number of carbonyl (C=O) groups is 4. The lowest BCUT2D eigenvalue weighted by Gasteiger charge is -2.25.